The van der Waals surface area contributed by atoms with Crippen LogP contribution in [0, 0.1) is 0 Å². The van der Waals surface area contributed by atoms with E-state index in [1.54, 1.807) is 24.5 Å². The molecule has 3 aromatic rings. The summed E-state index contributed by atoms with van der Waals surface area (Å²) in [5.41, 5.74) is 3.09. The fourth-order valence-electron chi connectivity index (χ4n) is 4.88. The van der Waals surface area contributed by atoms with Gasteiger partial charge in [-0.3, -0.25) is 4.79 Å². The van der Waals surface area contributed by atoms with Crippen molar-refractivity contribution in [2.45, 2.75) is 71.1 Å². The summed E-state index contributed by atoms with van der Waals surface area (Å²) in [6.07, 6.45) is 2.72. The molecule has 0 aliphatic heterocycles. The van der Waals surface area contributed by atoms with Crippen molar-refractivity contribution in [3.63, 3.8) is 0 Å². The number of amides is 1. The van der Waals surface area contributed by atoms with Crippen LogP contribution in [0.1, 0.15) is 70.0 Å². The van der Waals surface area contributed by atoms with E-state index in [1.807, 2.05) is 80.7 Å². The first kappa shape index (κ1) is 27.2. The molecular formula is C30H38N2O4. The maximum Gasteiger partial charge on any atom is 0.407 e. The zero-order chi connectivity index (χ0) is 26.3. The van der Waals surface area contributed by atoms with Gasteiger partial charge in [0.15, 0.2) is 0 Å². The number of benzene rings is 2. The molecule has 36 heavy (non-hydrogen) atoms. The first-order chi connectivity index (χ1) is 17.1. The van der Waals surface area contributed by atoms with Gasteiger partial charge in [0.05, 0.1) is 11.6 Å². The predicted octanol–water partition coefficient (Wildman–Crippen LogP) is 6.30. The summed E-state index contributed by atoms with van der Waals surface area (Å²) in [5.74, 6) is 0.0437. The Balaban J connectivity index is 1.81. The first-order valence-electron chi connectivity index (χ1n) is 12.7. The molecule has 1 amide bonds. The summed E-state index contributed by atoms with van der Waals surface area (Å²) in [4.78, 5) is 25.8. The van der Waals surface area contributed by atoms with E-state index in [4.69, 9.17) is 0 Å². The van der Waals surface area contributed by atoms with E-state index >= 15 is 0 Å². The van der Waals surface area contributed by atoms with Gasteiger partial charge in [-0.2, -0.15) is 0 Å². The van der Waals surface area contributed by atoms with Gasteiger partial charge in [0.2, 0.25) is 0 Å². The Bertz CT molecular complexity index is 1180. The molecular weight excluding hydrogens is 452 g/mol. The molecule has 6 nitrogen and oxygen atoms in total. The molecule has 0 radical (unpaired) electrons. The van der Waals surface area contributed by atoms with Crippen LogP contribution in [0.4, 0.5) is 4.79 Å². The number of nitrogens with zero attached hydrogens (tertiary/aromatic N) is 2. The maximum absolute atomic E-state index is 12.3. The second-order valence-corrected chi connectivity index (χ2v) is 9.98. The van der Waals surface area contributed by atoms with Crippen LogP contribution < -0.4 is 5.56 Å². The lowest BCUT2D eigenvalue weighted by atomic mass is 9.85. The quantitative estimate of drug-likeness (QED) is 0.330. The van der Waals surface area contributed by atoms with E-state index < -0.39 is 11.7 Å². The van der Waals surface area contributed by atoms with Crippen molar-refractivity contribution < 1.29 is 15.0 Å². The number of carbonyl (C=O) groups is 1. The van der Waals surface area contributed by atoms with Crippen LogP contribution in [0.25, 0.3) is 11.1 Å². The van der Waals surface area contributed by atoms with Gasteiger partial charge >= 0.3 is 6.09 Å². The van der Waals surface area contributed by atoms with Gasteiger partial charge in [-0.25, -0.2) is 4.79 Å². The number of aliphatic hydroxyl groups is 1. The smallest absolute Gasteiger partial charge is 0.407 e. The highest BCUT2D eigenvalue weighted by Crippen LogP contribution is 2.32. The molecule has 0 aliphatic rings. The molecule has 0 aliphatic carbocycles. The minimum Gasteiger partial charge on any atom is -0.465 e. The Kier molecular flexibility index (Phi) is 9.10. The van der Waals surface area contributed by atoms with Gasteiger partial charge in [-0.05, 0) is 74.3 Å². The molecule has 192 valence electrons. The van der Waals surface area contributed by atoms with Crippen molar-refractivity contribution in [1.82, 2.24) is 9.47 Å². The minimum absolute atomic E-state index is 0.0283. The molecule has 0 saturated heterocycles. The molecule has 0 unspecified atom stereocenters. The molecule has 2 aromatic carbocycles. The third kappa shape index (κ3) is 7.08. The summed E-state index contributed by atoms with van der Waals surface area (Å²) in [6, 6.07) is 21.0. The highest BCUT2D eigenvalue weighted by Gasteiger charge is 2.27. The minimum atomic E-state index is -0.948. The zero-order valence-corrected chi connectivity index (χ0v) is 21.7. The average Bonchev–Trinajstić information content (AvgIpc) is 2.86. The number of pyridine rings is 1. The second-order valence-electron chi connectivity index (χ2n) is 9.98. The fraction of sp³-hybridized carbons (Fsp3) is 0.400. The van der Waals surface area contributed by atoms with Gasteiger partial charge < -0.3 is 19.7 Å². The number of hydrogen-bond acceptors (Lipinski definition) is 3. The summed E-state index contributed by atoms with van der Waals surface area (Å²) in [5, 5.41) is 20.6. The number of aromatic nitrogens is 1. The Morgan fingerprint density at radius 1 is 0.944 bits per heavy atom. The van der Waals surface area contributed by atoms with Crippen molar-refractivity contribution >= 4 is 6.09 Å². The standard InChI is InChI=1S/C30H38N2O4/c1-5-27(24-14-12-23(13-15-24)26-16-17-28(33)31(6-2)21-26)32(29(34)35)19-18-25(20-30(3,4)36)22-10-8-7-9-11-22/h7-17,21,25,27,36H,5-6,18-20H2,1-4H3,(H,34,35)/t25-,27+/m1/s1. The maximum atomic E-state index is 12.3. The third-order valence-electron chi connectivity index (χ3n) is 6.70. The molecule has 3 rings (SSSR count). The first-order valence-corrected chi connectivity index (χ1v) is 12.7. The fourth-order valence-corrected chi connectivity index (χ4v) is 4.88. The van der Waals surface area contributed by atoms with Crippen molar-refractivity contribution in [3.05, 3.63) is 94.4 Å². The Morgan fingerprint density at radius 3 is 2.14 bits per heavy atom. The summed E-state index contributed by atoms with van der Waals surface area (Å²) in [7, 11) is 0. The molecule has 2 N–H and O–H groups in total. The van der Waals surface area contributed by atoms with Crippen molar-refractivity contribution in [3.8, 4) is 11.1 Å². The molecule has 0 fully saturated rings. The van der Waals surface area contributed by atoms with Gasteiger partial charge in [0.1, 0.15) is 0 Å². The van der Waals surface area contributed by atoms with Crippen molar-refractivity contribution in [2.75, 3.05) is 6.54 Å². The normalized spacial score (nSPS) is 13.2. The Labute approximate surface area is 213 Å². The number of rotatable bonds is 11. The van der Waals surface area contributed by atoms with Crippen LogP contribution in [0.2, 0.25) is 0 Å². The topological polar surface area (TPSA) is 82.8 Å². The monoisotopic (exact) mass is 490 g/mol. The van der Waals surface area contributed by atoms with E-state index in [0.29, 0.717) is 32.4 Å². The number of carboxylic acid groups (broad SMARTS) is 1. The lowest BCUT2D eigenvalue weighted by Crippen LogP contribution is -2.35. The van der Waals surface area contributed by atoms with Crippen LogP contribution in [-0.2, 0) is 6.54 Å². The van der Waals surface area contributed by atoms with Gasteiger partial charge in [0.25, 0.3) is 5.56 Å². The van der Waals surface area contributed by atoms with E-state index in [1.165, 1.54) is 4.90 Å². The molecule has 6 heteroatoms. The number of hydrogen-bond donors (Lipinski definition) is 2. The van der Waals surface area contributed by atoms with E-state index in [-0.39, 0.29) is 17.5 Å². The van der Waals surface area contributed by atoms with Crippen LogP contribution in [0.5, 0.6) is 0 Å². The third-order valence-corrected chi connectivity index (χ3v) is 6.70. The van der Waals surface area contributed by atoms with Gasteiger partial charge in [-0.15, -0.1) is 0 Å². The molecule has 0 saturated carbocycles. The van der Waals surface area contributed by atoms with Crippen molar-refractivity contribution in [2.24, 2.45) is 0 Å². The summed E-state index contributed by atoms with van der Waals surface area (Å²) < 4.78 is 1.67. The molecule has 0 bridgehead atoms. The Morgan fingerprint density at radius 2 is 1.58 bits per heavy atom. The molecule has 0 spiro atoms. The van der Waals surface area contributed by atoms with Gasteiger partial charge in [-0.1, -0.05) is 61.5 Å². The van der Waals surface area contributed by atoms with Gasteiger partial charge in [0, 0.05) is 25.4 Å². The SMILES string of the molecule is CC[C@@H](c1ccc(-c2ccc(=O)n(CC)c2)cc1)N(CC[C@H](CC(C)(C)O)c1ccccc1)C(=O)O. The zero-order valence-electron chi connectivity index (χ0n) is 21.7. The van der Waals surface area contributed by atoms with E-state index in [2.05, 4.69) is 0 Å². The Hall–Kier alpha value is -3.38. The lowest BCUT2D eigenvalue weighted by molar-refractivity contribution is 0.0595. The largest absolute Gasteiger partial charge is 0.465 e. The summed E-state index contributed by atoms with van der Waals surface area (Å²) in [6.45, 7) is 8.49. The van der Waals surface area contributed by atoms with E-state index in [9.17, 15) is 19.8 Å². The highest BCUT2D eigenvalue weighted by molar-refractivity contribution is 5.66. The highest BCUT2D eigenvalue weighted by atomic mass is 16.4. The van der Waals surface area contributed by atoms with Crippen LogP contribution in [-0.4, -0.2) is 37.9 Å². The van der Waals surface area contributed by atoms with Crippen LogP contribution >= 0.6 is 0 Å². The second kappa shape index (κ2) is 12.0. The van der Waals surface area contributed by atoms with E-state index in [0.717, 1.165) is 22.3 Å². The molecule has 1 aromatic heterocycles. The lowest BCUT2D eigenvalue weighted by Gasteiger charge is -2.32. The van der Waals surface area contributed by atoms with Crippen LogP contribution in [0.3, 0.4) is 0 Å². The average molecular weight is 491 g/mol. The summed E-state index contributed by atoms with van der Waals surface area (Å²) >= 11 is 0. The van der Waals surface area contributed by atoms with Crippen molar-refractivity contribution in [1.29, 1.82) is 0 Å². The predicted molar refractivity (Wildman–Crippen MR) is 144 cm³/mol. The number of aryl methyl sites for hydroxylation is 1. The molecule has 1 heterocycles. The molecule has 2 atom stereocenters. The van der Waals surface area contributed by atoms with Crippen LogP contribution in [0.15, 0.2) is 77.7 Å².